The van der Waals surface area contributed by atoms with E-state index in [0.717, 1.165) is 15.6 Å². The fourth-order valence-electron chi connectivity index (χ4n) is 0.921. The summed E-state index contributed by atoms with van der Waals surface area (Å²) >= 11 is 10.00. The van der Waals surface area contributed by atoms with Gasteiger partial charge in [0.2, 0.25) is 0 Å². The van der Waals surface area contributed by atoms with E-state index in [1.807, 2.05) is 12.1 Å². The zero-order valence-electron chi connectivity index (χ0n) is 6.15. The van der Waals surface area contributed by atoms with Gasteiger partial charge in [0, 0.05) is 26.3 Å². The minimum atomic E-state index is 0.368. The van der Waals surface area contributed by atoms with Gasteiger partial charge in [-0.3, -0.25) is 0 Å². The van der Waals surface area contributed by atoms with Crippen LogP contribution < -0.4 is 0 Å². The fraction of sp³-hybridized carbons (Fsp3) is 0.250. The third kappa shape index (κ3) is 2.24. The summed E-state index contributed by atoms with van der Waals surface area (Å²) in [6, 6.07) is 3.80. The molecule has 1 rings (SSSR count). The standard InChI is InChI=1S/C8H7Br3O/c9-3-5-1-7(11)2-6(4-10)8(5)12/h1-2,12H,3-4H2. The molecule has 1 nitrogen and oxygen atoms in total. The second kappa shape index (κ2) is 4.63. The monoisotopic (exact) mass is 356 g/mol. The van der Waals surface area contributed by atoms with Crippen molar-refractivity contribution in [3.63, 3.8) is 0 Å². The van der Waals surface area contributed by atoms with Crippen LogP contribution in [0.2, 0.25) is 0 Å². The molecule has 0 aliphatic carbocycles. The van der Waals surface area contributed by atoms with Crippen LogP contribution in [0.4, 0.5) is 0 Å². The van der Waals surface area contributed by atoms with Gasteiger partial charge in [0.05, 0.1) is 0 Å². The van der Waals surface area contributed by atoms with Crippen LogP contribution in [0.15, 0.2) is 16.6 Å². The van der Waals surface area contributed by atoms with Crippen molar-refractivity contribution in [2.24, 2.45) is 0 Å². The lowest BCUT2D eigenvalue weighted by Crippen LogP contribution is -1.86. The molecule has 0 spiro atoms. The van der Waals surface area contributed by atoms with E-state index in [1.165, 1.54) is 0 Å². The summed E-state index contributed by atoms with van der Waals surface area (Å²) in [5.74, 6) is 0.368. The van der Waals surface area contributed by atoms with E-state index in [0.29, 0.717) is 16.4 Å². The molecular formula is C8H7Br3O. The zero-order chi connectivity index (χ0) is 9.14. The molecule has 0 bridgehead atoms. The van der Waals surface area contributed by atoms with Gasteiger partial charge in [-0.1, -0.05) is 47.8 Å². The number of hydrogen-bond donors (Lipinski definition) is 1. The van der Waals surface area contributed by atoms with Crippen molar-refractivity contribution in [1.82, 2.24) is 0 Å². The molecule has 0 radical (unpaired) electrons. The Hall–Kier alpha value is 0.460. The van der Waals surface area contributed by atoms with Crippen LogP contribution in [0.25, 0.3) is 0 Å². The van der Waals surface area contributed by atoms with Crippen molar-refractivity contribution in [2.45, 2.75) is 10.7 Å². The van der Waals surface area contributed by atoms with E-state index in [-0.39, 0.29) is 0 Å². The lowest BCUT2D eigenvalue weighted by Gasteiger charge is -2.06. The maximum atomic E-state index is 9.63. The fourth-order valence-corrected chi connectivity index (χ4v) is 2.33. The molecule has 0 saturated heterocycles. The molecule has 0 unspecified atom stereocenters. The molecule has 0 amide bonds. The molecule has 0 heterocycles. The van der Waals surface area contributed by atoms with Crippen LogP contribution in [0.3, 0.4) is 0 Å². The quantitative estimate of drug-likeness (QED) is 0.794. The summed E-state index contributed by atoms with van der Waals surface area (Å²) in [7, 11) is 0. The van der Waals surface area contributed by atoms with Gasteiger partial charge in [-0.15, -0.1) is 0 Å². The Bertz CT molecular complexity index is 261. The normalized spacial score (nSPS) is 10.2. The van der Waals surface area contributed by atoms with Crippen molar-refractivity contribution in [3.05, 3.63) is 27.7 Å². The van der Waals surface area contributed by atoms with E-state index < -0.39 is 0 Å². The molecule has 0 aliphatic rings. The topological polar surface area (TPSA) is 20.2 Å². The van der Waals surface area contributed by atoms with Crippen LogP contribution in [0.5, 0.6) is 5.75 Å². The van der Waals surface area contributed by atoms with Gasteiger partial charge in [-0.25, -0.2) is 0 Å². The highest BCUT2D eigenvalue weighted by atomic mass is 79.9. The molecule has 1 aromatic carbocycles. The summed E-state index contributed by atoms with van der Waals surface area (Å²) in [4.78, 5) is 0. The Morgan fingerprint density at radius 2 is 1.50 bits per heavy atom. The summed E-state index contributed by atoms with van der Waals surface area (Å²) in [5.41, 5.74) is 1.80. The van der Waals surface area contributed by atoms with Crippen molar-refractivity contribution < 1.29 is 5.11 Å². The number of halogens is 3. The molecule has 1 N–H and O–H groups in total. The summed E-state index contributed by atoms with van der Waals surface area (Å²) in [6.45, 7) is 0. The van der Waals surface area contributed by atoms with E-state index in [1.54, 1.807) is 0 Å². The Balaban J connectivity index is 3.22. The molecule has 4 heteroatoms. The van der Waals surface area contributed by atoms with E-state index in [2.05, 4.69) is 47.8 Å². The largest absolute Gasteiger partial charge is 0.507 e. The first kappa shape index (κ1) is 10.5. The summed E-state index contributed by atoms with van der Waals surface area (Å²) < 4.78 is 0.990. The number of alkyl halides is 2. The number of rotatable bonds is 2. The summed E-state index contributed by atoms with van der Waals surface area (Å²) in [6.07, 6.45) is 0. The van der Waals surface area contributed by atoms with Crippen LogP contribution in [0.1, 0.15) is 11.1 Å². The van der Waals surface area contributed by atoms with Gasteiger partial charge in [0.1, 0.15) is 5.75 Å². The average molecular weight is 359 g/mol. The molecule has 0 saturated carbocycles. The van der Waals surface area contributed by atoms with Crippen molar-refractivity contribution in [3.8, 4) is 5.75 Å². The molecule has 1 aromatic rings. The van der Waals surface area contributed by atoms with Crippen LogP contribution in [0, 0.1) is 0 Å². The van der Waals surface area contributed by atoms with Gasteiger partial charge in [-0.05, 0) is 12.1 Å². The van der Waals surface area contributed by atoms with Crippen LogP contribution in [-0.2, 0) is 10.7 Å². The first-order chi connectivity index (χ1) is 5.69. The first-order valence-electron chi connectivity index (χ1n) is 3.31. The van der Waals surface area contributed by atoms with Crippen molar-refractivity contribution >= 4 is 47.8 Å². The Kier molecular flexibility index (Phi) is 4.06. The molecular weight excluding hydrogens is 352 g/mol. The highest BCUT2D eigenvalue weighted by molar-refractivity contribution is 9.10. The van der Waals surface area contributed by atoms with E-state index >= 15 is 0 Å². The molecule has 0 atom stereocenters. The second-order valence-electron chi connectivity index (χ2n) is 2.34. The summed E-state index contributed by atoms with van der Waals surface area (Å²) in [5, 5.41) is 11.0. The van der Waals surface area contributed by atoms with E-state index in [4.69, 9.17) is 0 Å². The van der Waals surface area contributed by atoms with Crippen molar-refractivity contribution in [1.29, 1.82) is 0 Å². The first-order valence-corrected chi connectivity index (χ1v) is 6.34. The lowest BCUT2D eigenvalue weighted by atomic mass is 10.1. The van der Waals surface area contributed by atoms with Crippen LogP contribution >= 0.6 is 47.8 Å². The Labute approximate surface area is 96.6 Å². The highest BCUT2D eigenvalue weighted by Crippen LogP contribution is 2.30. The maximum Gasteiger partial charge on any atom is 0.123 e. The second-order valence-corrected chi connectivity index (χ2v) is 4.38. The van der Waals surface area contributed by atoms with Gasteiger partial charge < -0.3 is 5.11 Å². The predicted octanol–water partition coefficient (Wildman–Crippen LogP) is 3.94. The predicted molar refractivity (Wildman–Crippen MR) is 61.1 cm³/mol. The minimum Gasteiger partial charge on any atom is -0.507 e. The van der Waals surface area contributed by atoms with Crippen molar-refractivity contribution in [2.75, 3.05) is 0 Å². The van der Waals surface area contributed by atoms with Crippen LogP contribution in [-0.4, -0.2) is 5.11 Å². The minimum absolute atomic E-state index is 0.368. The number of benzene rings is 1. The SMILES string of the molecule is Oc1c(CBr)cc(Br)cc1CBr. The molecule has 0 fully saturated rings. The van der Waals surface area contributed by atoms with Gasteiger partial charge in [0.15, 0.2) is 0 Å². The van der Waals surface area contributed by atoms with Gasteiger partial charge in [-0.2, -0.15) is 0 Å². The highest BCUT2D eigenvalue weighted by Gasteiger charge is 2.06. The van der Waals surface area contributed by atoms with Gasteiger partial charge >= 0.3 is 0 Å². The van der Waals surface area contributed by atoms with E-state index in [9.17, 15) is 5.11 Å². The maximum absolute atomic E-state index is 9.63. The third-order valence-corrected chi connectivity index (χ3v) is 3.19. The zero-order valence-corrected chi connectivity index (χ0v) is 10.9. The molecule has 0 aliphatic heterocycles. The molecule has 66 valence electrons. The average Bonchev–Trinajstić information content (AvgIpc) is 2.08. The number of phenolic OH excluding ortho intramolecular Hbond substituents is 1. The number of phenols is 1. The third-order valence-electron chi connectivity index (χ3n) is 1.52. The molecule has 12 heavy (non-hydrogen) atoms. The number of aromatic hydroxyl groups is 1. The Morgan fingerprint density at radius 3 is 1.83 bits per heavy atom. The van der Waals surface area contributed by atoms with Gasteiger partial charge in [0.25, 0.3) is 0 Å². The smallest absolute Gasteiger partial charge is 0.123 e. The number of hydrogen-bond acceptors (Lipinski definition) is 1. The lowest BCUT2D eigenvalue weighted by molar-refractivity contribution is 0.466. The molecule has 0 aromatic heterocycles. The Morgan fingerprint density at radius 1 is 1.08 bits per heavy atom.